The summed E-state index contributed by atoms with van der Waals surface area (Å²) < 4.78 is 13.5. The molecule has 0 aromatic heterocycles. The molecule has 3 heteroatoms. The minimum absolute atomic E-state index is 0.409. The van der Waals surface area contributed by atoms with Crippen molar-refractivity contribution in [3.8, 4) is 0 Å². The molecule has 0 saturated heterocycles. The lowest BCUT2D eigenvalue weighted by Gasteiger charge is -2.06. The zero-order valence-electron chi connectivity index (χ0n) is 6.41. The van der Waals surface area contributed by atoms with Gasteiger partial charge in [-0.25, -0.2) is 0 Å². The summed E-state index contributed by atoms with van der Waals surface area (Å²) in [6.07, 6.45) is 3.51. The largest absolute Gasteiger partial charge is 0.501 e. The van der Waals surface area contributed by atoms with E-state index in [0.29, 0.717) is 12.5 Å². The first kappa shape index (κ1) is 9.85. The van der Waals surface area contributed by atoms with Gasteiger partial charge in [0.1, 0.15) is 0 Å². The van der Waals surface area contributed by atoms with Crippen LogP contribution in [0, 0.1) is 5.92 Å². The molecular formula is C7H14O2S. The van der Waals surface area contributed by atoms with E-state index in [4.69, 9.17) is 9.29 Å². The van der Waals surface area contributed by atoms with Crippen LogP contribution in [0.3, 0.4) is 0 Å². The second-order valence-corrected chi connectivity index (χ2v) is 2.80. The van der Waals surface area contributed by atoms with Gasteiger partial charge in [0.2, 0.25) is 0 Å². The van der Waals surface area contributed by atoms with Crippen LogP contribution in [0.1, 0.15) is 13.8 Å². The molecule has 0 rings (SSSR count). The molecule has 0 aliphatic carbocycles. The van der Waals surface area contributed by atoms with Gasteiger partial charge in [-0.3, -0.25) is 0 Å². The molecule has 0 amide bonds. The fourth-order valence-electron chi connectivity index (χ4n) is 0.491. The molecule has 0 aliphatic heterocycles. The maximum Gasteiger partial charge on any atom is 0.0907 e. The maximum atomic E-state index is 8.44. The van der Waals surface area contributed by atoms with Crippen LogP contribution in [-0.2, 0) is 4.74 Å². The van der Waals surface area contributed by atoms with Crippen molar-refractivity contribution < 1.29 is 9.29 Å². The molecule has 0 bridgehead atoms. The number of hydrogen-bond donors (Lipinski definition) is 1. The van der Waals surface area contributed by atoms with Gasteiger partial charge in [0, 0.05) is 11.7 Å². The van der Waals surface area contributed by atoms with Crippen molar-refractivity contribution in [1.29, 1.82) is 0 Å². The smallest absolute Gasteiger partial charge is 0.0907 e. The molecular weight excluding hydrogens is 148 g/mol. The van der Waals surface area contributed by atoms with Gasteiger partial charge in [0.05, 0.1) is 12.9 Å². The van der Waals surface area contributed by atoms with Crippen molar-refractivity contribution in [3.05, 3.63) is 12.3 Å². The average molecular weight is 162 g/mol. The summed E-state index contributed by atoms with van der Waals surface area (Å²) in [7, 11) is 0. The van der Waals surface area contributed by atoms with Crippen LogP contribution in [0.2, 0.25) is 0 Å². The van der Waals surface area contributed by atoms with Crippen molar-refractivity contribution in [2.45, 2.75) is 13.8 Å². The molecule has 0 radical (unpaired) electrons. The zero-order valence-corrected chi connectivity index (χ0v) is 7.23. The number of ether oxygens (including phenoxy) is 1. The lowest BCUT2D eigenvalue weighted by molar-refractivity contribution is 0.212. The standard InChI is InChI=1S/C7H14O2S/c1-3-4-9-5-7(2)6-10-8/h3-4,7-8H,5-6H2,1-2H3. The van der Waals surface area contributed by atoms with Gasteiger partial charge in [0.15, 0.2) is 0 Å². The molecule has 0 aliphatic rings. The first-order chi connectivity index (χ1) is 4.81. The average Bonchev–Trinajstić information content (AvgIpc) is 1.89. The minimum Gasteiger partial charge on any atom is -0.501 e. The lowest BCUT2D eigenvalue weighted by atomic mass is 10.2. The summed E-state index contributed by atoms with van der Waals surface area (Å²) >= 11 is 0.864. The first-order valence-corrected chi connectivity index (χ1v) is 4.24. The Bertz CT molecular complexity index is 93.6. The summed E-state index contributed by atoms with van der Waals surface area (Å²) in [6, 6.07) is 0. The van der Waals surface area contributed by atoms with E-state index >= 15 is 0 Å². The number of rotatable bonds is 5. The molecule has 2 nitrogen and oxygen atoms in total. The Morgan fingerprint density at radius 1 is 1.70 bits per heavy atom. The van der Waals surface area contributed by atoms with Crippen LogP contribution in [0.4, 0.5) is 0 Å². The quantitative estimate of drug-likeness (QED) is 0.497. The second-order valence-electron chi connectivity index (χ2n) is 2.20. The van der Waals surface area contributed by atoms with Crippen LogP contribution >= 0.6 is 12.0 Å². The Balaban J connectivity index is 3.12. The molecule has 0 saturated carbocycles. The highest BCUT2D eigenvalue weighted by Crippen LogP contribution is 2.03. The van der Waals surface area contributed by atoms with E-state index in [1.807, 2.05) is 19.9 Å². The van der Waals surface area contributed by atoms with E-state index in [9.17, 15) is 0 Å². The molecule has 1 atom stereocenters. The summed E-state index contributed by atoms with van der Waals surface area (Å²) in [5.41, 5.74) is 0. The van der Waals surface area contributed by atoms with Gasteiger partial charge in [0.25, 0.3) is 0 Å². The Labute approximate surface area is 66.5 Å². The Morgan fingerprint density at radius 3 is 2.90 bits per heavy atom. The van der Waals surface area contributed by atoms with Crippen molar-refractivity contribution in [2.75, 3.05) is 12.4 Å². The van der Waals surface area contributed by atoms with Gasteiger partial charge in [-0.15, -0.1) is 0 Å². The third kappa shape index (κ3) is 5.98. The predicted molar refractivity (Wildman–Crippen MR) is 45.0 cm³/mol. The van der Waals surface area contributed by atoms with E-state index in [2.05, 4.69) is 0 Å². The Kier molecular flexibility index (Phi) is 6.86. The topological polar surface area (TPSA) is 29.5 Å². The molecule has 1 unspecified atom stereocenters. The van der Waals surface area contributed by atoms with E-state index in [-0.39, 0.29) is 0 Å². The Morgan fingerprint density at radius 2 is 2.40 bits per heavy atom. The van der Waals surface area contributed by atoms with Crippen LogP contribution < -0.4 is 0 Å². The molecule has 60 valence electrons. The maximum absolute atomic E-state index is 8.44. The van der Waals surface area contributed by atoms with E-state index in [0.717, 1.165) is 17.8 Å². The van der Waals surface area contributed by atoms with Crippen molar-refractivity contribution in [1.82, 2.24) is 0 Å². The van der Waals surface area contributed by atoms with Crippen LogP contribution in [-0.4, -0.2) is 16.9 Å². The van der Waals surface area contributed by atoms with Gasteiger partial charge in [-0.2, -0.15) is 0 Å². The molecule has 0 aromatic carbocycles. The second kappa shape index (κ2) is 6.96. The van der Waals surface area contributed by atoms with Crippen molar-refractivity contribution in [3.63, 3.8) is 0 Å². The van der Waals surface area contributed by atoms with Gasteiger partial charge in [-0.1, -0.05) is 13.0 Å². The monoisotopic (exact) mass is 162 g/mol. The molecule has 0 spiro atoms. The highest BCUT2D eigenvalue weighted by Gasteiger charge is 1.99. The first-order valence-electron chi connectivity index (χ1n) is 3.30. The minimum atomic E-state index is 0.409. The predicted octanol–water partition coefficient (Wildman–Crippen LogP) is 2.38. The zero-order chi connectivity index (χ0) is 7.82. The molecule has 10 heavy (non-hydrogen) atoms. The van der Waals surface area contributed by atoms with Crippen LogP contribution in [0.5, 0.6) is 0 Å². The van der Waals surface area contributed by atoms with E-state index < -0.39 is 0 Å². The fraction of sp³-hybridized carbons (Fsp3) is 0.714. The molecule has 1 N–H and O–H groups in total. The summed E-state index contributed by atoms with van der Waals surface area (Å²) in [5, 5.41) is 0. The van der Waals surface area contributed by atoms with Crippen LogP contribution in [0.15, 0.2) is 12.3 Å². The third-order valence-corrected chi connectivity index (χ3v) is 1.69. The van der Waals surface area contributed by atoms with Crippen molar-refractivity contribution >= 4 is 12.0 Å². The highest BCUT2D eigenvalue weighted by atomic mass is 32.2. The lowest BCUT2D eigenvalue weighted by Crippen LogP contribution is -2.05. The summed E-state index contributed by atoms with van der Waals surface area (Å²) in [5.74, 6) is 1.14. The Hall–Kier alpha value is -0.150. The molecule has 0 heterocycles. The highest BCUT2D eigenvalue weighted by molar-refractivity contribution is 7.93. The van der Waals surface area contributed by atoms with Gasteiger partial charge in [-0.05, 0) is 19.0 Å². The molecule has 0 aromatic rings. The summed E-state index contributed by atoms with van der Waals surface area (Å²) in [6.45, 7) is 4.62. The van der Waals surface area contributed by atoms with Crippen molar-refractivity contribution in [2.24, 2.45) is 5.92 Å². The SMILES string of the molecule is CC=COCC(C)CSO. The van der Waals surface area contributed by atoms with E-state index in [1.54, 1.807) is 6.26 Å². The van der Waals surface area contributed by atoms with Gasteiger partial charge < -0.3 is 9.29 Å². The normalized spacial score (nSPS) is 13.9. The summed E-state index contributed by atoms with van der Waals surface area (Å²) in [4.78, 5) is 0. The van der Waals surface area contributed by atoms with Gasteiger partial charge >= 0.3 is 0 Å². The fourth-order valence-corrected chi connectivity index (χ4v) is 0.842. The third-order valence-electron chi connectivity index (χ3n) is 0.972. The number of allylic oxidation sites excluding steroid dienone is 1. The molecule has 0 fully saturated rings. The number of hydrogen-bond acceptors (Lipinski definition) is 3. The van der Waals surface area contributed by atoms with Crippen LogP contribution in [0.25, 0.3) is 0 Å². The van der Waals surface area contributed by atoms with E-state index in [1.165, 1.54) is 0 Å².